The number of thiazole rings is 1. The van der Waals surface area contributed by atoms with Crippen molar-refractivity contribution >= 4 is 22.7 Å². The van der Waals surface area contributed by atoms with Gasteiger partial charge in [-0.3, -0.25) is 0 Å². The molecular formula is C12H16N2S2. The van der Waals surface area contributed by atoms with E-state index in [-0.39, 0.29) is 0 Å². The average Bonchev–Trinajstić information content (AvgIpc) is 2.95. The van der Waals surface area contributed by atoms with E-state index in [1.807, 2.05) is 16.8 Å². The van der Waals surface area contributed by atoms with Gasteiger partial charge in [0, 0.05) is 28.8 Å². The fourth-order valence-corrected chi connectivity index (χ4v) is 3.00. The van der Waals surface area contributed by atoms with Gasteiger partial charge >= 0.3 is 0 Å². The van der Waals surface area contributed by atoms with Gasteiger partial charge in [-0.25, -0.2) is 4.98 Å². The normalized spacial score (nSPS) is 14.9. The third kappa shape index (κ3) is 2.90. The maximum Gasteiger partial charge on any atom is 0.0795 e. The van der Waals surface area contributed by atoms with E-state index in [0.717, 1.165) is 12.2 Å². The first-order valence-electron chi connectivity index (χ1n) is 5.42. The van der Waals surface area contributed by atoms with Crippen LogP contribution in [0.25, 0.3) is 0 Å². The molecule has 86 valence electrons. The molecular weight excluding hydrogens is 236 g/mol. The van der Waals surface area contributed by atoms with Crippen molar-refractivity contribution in [3.8, 4) is 0 Å². The van der Waals surface area contributed by atoms with Crippen molar-refractivity contribution < 1.29 is 0 Å². The van der Waals surface area contributed by atoms with E-state index in [2.05, 4.69) is 47.0 Å². The fourth-order valence-electron chi connectivity index (χ4n) is 1.57. The summed E-state index contributed by atoms with van der Waals surface area (Å²) < 4.78 is 0. The Kier molecular flexibility index (Phi) is 4.09. The van der Waals surface area contributed by atoms with Crippen molar-refractivity contribution in [2.75, 3.05) is 6.54 Å². The monoisotopic (exact) mass is 252 g/mol. The third-order valence-corrected chi connectivity index (χ3v) is 4.36. The summed E-state index contributed by atoms with van der Waals surface area (Å²) in [5.74, 6) is 0.570. The number of hydrogen-bond donors (Lipinski definition) is 1. The van der Waals surface area contributed by atoms with Crippen molar-refractivity contribution in [2.24, 2.45) is 0 Å². The van der Waals surface area contributed by atoms with Crippen molar-refractivity contribution in [1.29, 1.82) is 0 Å². The average molecular weight is 252 g/mol. The van der Waals surface area contributed by atoms with Gasteiger partial charge in [0.1, 0.15) is 0 Å². The van der Waals surface area contributed by atoms with Gasteiger partial charge < -0.3 is 5.32 Å². The van der Waals surface area contributed by atoms with Crippen LogP contribution in [0.4, 0.5) is 0 Å². The Balaban J connectivity index is 1.84. The smallest absolute Gasteiger partial charge is 0.0795 e. The van der Waals surface area contributed by atoms with E-state index >= 15 is 0 Å². The summed E-state index contributed by atoms with van der Waals surface area (Å²) in [6.45, 7) is 5.42. The van der Waals surface area contributed by atoms with Crippen LogP contribution in [-0.4, -0.2) is 11.5 Å². The standard InChI is InChI=1S/C12H16N2S2/c1-9(12-4-3-5-16-12)6-13-10(2)11-7-15-8-14-11/h3-5,7-10,13H,6H2,1-2H3. The van der Waals surface area contributed by atoms with Gasteiger partial charge in [0.25, 0.3) is 0 Å². The highest BCUT2D eigenvalue weighted by atomic mass is 32.1. The maximum absolute atomic E-state index is 4.32. The van der Waals surface area contributed by atoms with Crippen molar-refractivity contribution in [2.45, 2.75) is 25.8 Å². The zero-order valence-corrected chi connectivity index (χ0v) is 11.1. The first-order chi connectivity index (χ1) is 7.77. The number of rotatable bonds is 5. The van der Waals surface area contributed by atoms with E-state index in [0.29, 0.717) is 12.0 Å². The first kappa shape index (κ1) is 11.8. The van der Waals surface area contributed by atoms with E-state index in [1.54, 1.807) is 11.3 Å². The summed E-state index contributed by atoms with van der Waals surface area (Å²) in [5, 5.41) is 7.76. The molecule has 0 amide bonds. The van der Waals surface area contributed by atoms with Crippen molar-refractivity contribution in [3.05, 3.63) is 39.0 Å². The van der Waals surface area contributed by atoms with Crippen LogP contribution in [0.1, 0.15) is 36.4 Å². The number of nitrogens with zero attached hydrogens (tertiary/aromatic N) is 1. The molecule has 0 aromatic carbocycles. The van der Waals surface area contributed by atoms with Gasteiger partial charge in [-0.1, -0.05) is 13.0 Å². The summed E-state index contributed by atoms with van der Waals surface area (Å²) >= 11 is 3.48. The Morgan fingerprint density at radius 3 is 2.94 bits per heavy atom. The second-order valence-corrected chi connectivity index (χ2v) is 5.66. The highest BCUT2D eigenvalue weighted by molar-refractivity contribution is 7.10. The molecule has 2 heterocycles. The molecule has 4 heteroatoms. The molecule has 0 radical (unpaired) electrons. The zero-order valence-electron chi connectivity index (χ0n) is 9.51. The van der Waals surface area contributed by atoms with Gasteiger partial charge in [-0.05, 0) is 18.4 Å². The van der Waals surface area contributed by atoms with Gasteiger partial charge in [0.15, 0.2) is 0 Å². The van der Waals surface area contributed by atoms with Crippen LogP contribution in [0, 0.1) is 0 Å². The fraction of sp³-hybridized carbons (Fsp3) is 0.417. The van der Waals surface area contributed by atoms with Crippen LogP contribution in [0.15, 0.2) is 28.4 Å². The summed E-state index contributed by atoms with van der Waals surface area (Å²) in [5.41, 5.74) is 3.03. The molecule has 2 atom stereocenters. The number of aromatic nitrogens is 1. The lowest BCUT2D eigenvalue weighted by Gasteiger charge is -2.15. The lowest BCUT2D eigenvalue weighted by molar-refractivity contribution is 0.532. The van der Waals surface area contributed by atoms with E-state index in [9.17, 15) is 0 Å². The topological polar surface area (TPSA) is 24.9 Å². The second-order valence-electron chi connectivity index (χ2n) is 3.96. The molecule has 2 nitrogen and oxygen atoms in total. The first-order valence-corrected chi connectivity index (χ1v) is 7.24. The zero-order chi connectivity index (χ0) is 11.4. The number of nitrogens with one attached hydrogen (secondary N) is 1. The second kappa shape index (κ2) is 5.57. The Morgan fingerprint density at radius 2 is 2.31 bits per heavy atom. The quantitative estimate of drug-likeness (QED) is 0.878. The molecule has 1 N–H and O–H groups in total. The van der Waals surface area contributed by atoms with Crippen LogP contribution >= 0.6 is 22.7 Å². The molecule has 0 spiro atoms. The van der Waals surface area contributed by atoms with E-state index in [4.69, 9.17) is 0 Å². The lowest BCUT2D eigenvalue weighted by atomic mass is 10.1. The largest absolute Gasteiger partial charge is 0.308 e. The third-order valence-electron chi connectivity index (χ3n) is 2.65. The molecule has 0 saturated heterocycles. The van der Waals surface area contributed by atoms with Gasteiger partial charge in [0.05, 0.1) is 11.2 Å². The van der Waals surface area contributed by atoms with Crippen molar-refractivity contribution in [1.82, 2.24) is 10.3 Å². The van der Waals surface area contributed by atoms with Gasteiger partial charge in [-0.15, -0.1) is 22.7 Å². The molecule has 2 rings (SSSR count). The summed E-state index contributed by atoms with van der Waals surface area (Å²) in [4.78, 5) is 5.76. The minimum absolute atomic E-state index is 0.341. The molecule has 2 aromatic heterocycles. The van der Waals surface area contributed by atoms with Crippen LogP contribution in [0.3, 0.4) is 0 Å². The Hall–Kier alpha value is -0.710. The predicted octanol–water partition coefficient (Wildman–Crippen LogP) is 3.66. The number of hydrogen-bond acceptors (Lipinski definition) is 4. The predicted molar refractivity (Wildman–Crippen MR) is 71.3 cm³/mol. The van der Waals surface area contributed by atoms with Crippen LogP contribution in [0.2, 0.25) is 0 Å². The summed E-state index contributed by atoms with van der Waals surface area (Å²) in [7, 11) is 0. The SMILES string of the molecule is CC(CNC(C)c1cscn1)c1cccs1. The molecule has 0 fully saturated rings. The molecule has 2 unspecified atom stereocenters. The van der Waals surface area contributed by atoms with Gasteiger partial charge in [-0.2, -0.15) is 0 Å². The Labute approximate surface area is 104 Å². The van der Waals surface area contributed by atoms with E-state index < -0.39 is 0 Å². The van der Waals surface area contributed by atoms with E-state index in [1.165, 1.54) is 4.88 Å². The van der Waals surface area contributed by atoms with Crippen LogP contribution in [0.5, 0.6) is 0 Å². The molecule has 0 saturated carbocycles. The summed E-state index contributed by atoms with van der Waals surface area (Å²) in [6, 6.07) is 4.65. The highest BCUT2D eigenvalue weighted by Gasteiger charge is 2.10. The highest BCUT2D eigenvalue weighted by Crippen LogP contribution is 2.21. The molecule has 0 aliphatic heterocycles. The molecule has 0 aliphatic rings. The molecule has 0 aliphatic carbocycles. The maximum atomic E-state index is 4.32. The Bertz CT molecular complexity index is 354. The molecule has 2 aromatic rings. The van der Waals surface area contributed by atoms with Crippen LogP contribution in [-0.2, 0) is 0 Å². The summed E-state index contributed by atoms with van der Waals surface area (Å²) in [6.07, 6.45) is 0. The molecule has 0 bridgehead atoms. The number of thiophene rings is 1. The Morgan fingerprint density at radius 1 is 1.44 bits per heavy atom. The lowest BCUT2D eigenvalue weighted by Crippen LogP contribution is -2.23. The van der Waals surface area contributed by atoms with Crippen LogP contribution < -0.4 is 5.32 Å². The molecule has 16 heavy (non-hydrogen) atoms. The van der Waals surface area contributed by atoms with Gasteiger partial charge in [0.2, 0.25) is 0 Å². The van der Waals surface area contributed by atoms with Crippen molar-refractivity contribution in [3.63, 3.8) is 0 Å². The minimum Gasteiger partial charge on any atom is -0.308 e. The minimum atomic E-state index is 0.341.